The van der Waals surface area contributed by atoms with Gasteiger partial charge in [-0.05, 0) is 36.8 Å². The fourth-order valence-corrected chi connectivity index (χ4v) is 4.86. The van der Waals surface area contributed by atoms with Gasteiger partial charge in [-0.1, -0.05) is 60.2 Å². The second-order valence-electron chi connectivity index (χ2n) is 8.40. The highest BCUT2D eigenvalue weighted by Crippen LogP contribution is 2.25. The van der Waals surface area contributed by atoms with Crippen molar-refractivity contribution in [1.29, 1.82) is 0 Å². The number of non-ortho nitro benzene ring substituents is 1. The molecule has 0 bridgehead atoms. The lowest BCUT2D eigenvalue weighted by Gasteiger charge is -2.18. The number of hydrogen-bond donors (Lipinski definition) is 2. The third-order valence-corrected chi connectivity index (χ3v) is 7.06. The normalized spacial score (nSPS) is 12.3. The molecule has 0 radical (unpaired) electrons. The minimum Gasteiger partial charge on any atom is -0.455 e. The molecule has 1 heterocycles. The Balaban J connectivity index is 1.43. The molecule has 0 fully saturated rings. The maximum absolute atomic E-state index is 13.0. The van der Waals surface area contributed by atoms with Crippen molar-refractivity contribution < 1.29 is 22.6 Å². The van der Waals surface area contributed by atoms with Crippen molar-refractivity contribution in [3.8, 4) is 11.3 Å². The first-order valence-corrected chi connectivity index (χ1v) is 13.0. The van der Waals surface area contributed by atoms with Crippen molar-refractivity contribution in [2.75, 3.05) is 0 Å². The number of amides is 1. The quantitative estimate of drug-likeness (QED) is 0.172. The molecule has 1 aromatic heterocycles. The molecule has 11 heteroatoms. The van der Waals surface area contributed by atoms with Crippen LogP contribution >= 0.6 is 0 Å². The number of nitrogens with one attached hydrogen (secondary N) is 2. The molecule has 0 saturated carbocycles. The van der Waals surface area contributed by atoms with Crippen molar-refractivity contribution in [3.05, 3.63) is 118 Å². The summed E-state index contributed by atoms with van der Waals surface area (Å²) in [6, 6.07) is 23.6. The minimum atomic E-state index is -3.89. The zero-order valence-corrected chi connectivity index (χ0v) is 21.1. The first kappa shape index (κ1) is 26.5. The number of carbonyl (C=O) groups is 1. The zero-order valence-electron chi connectivity index (χ0n) is 20.3. The number of furan rings is 1. The lowest BCUT2D eigenvalue weighted by molar-refractivity contribution is -0.384. The van der Waals surface area contributed by atoms with E-state index in [2.05, 4.69) is 15.2 Å². The number of carbonyl (C=O) groups excluding carboxylic acids is 1. The van der Waals surface area contributed by atoms with Gasteiger partial charge in [0.1, 0.15) is 11.5 Å². The standard InChI is InChI=1S/C27H24N4O6S/c1-19-10-13-24(14-11-19)38(35,36)30-25(20-6-3-2-4-7-20)17-27(32)29-28-18-23-12-15-26(37-23)21-8-5-9-22(16-21)31(33)34/h2-16,18,25,30H,17H2,1H3,(H,29,32)/b28-18-/t25-/m0/s1. The number of nitro groups is 1. The molecule has 194 valence electrons. The lowest BCUT2D eigenvalue weighted by Crippen LogP contribution is -2.32. The molecule has 1 amide bonds. The Morgan fingerprint density at radius 2 is 1.76 bits per heavy atom. The first-order valence-electron chi connectivity index (χ1n) is 11.5. The monoisotopic (exact) mass is 532 g/mol. The zero-order chi connectivity index (χ0) is 27.1. The van der Waals surface area contributed by atoms with Crippen molar-refractivity contribution in [2.24, 2.45) is 5.10 Å². The smallest absolute Gasteiger partial charge is 0.270 e. The van der Waals surface area contributed by atoms with E-state index in [1.54, 1.807) is 66.7 Å². The van der Waals surface area contributed by atoms with Gasteiger partial charge in [0.05, 0.1) is 22.1 Å². The molecule has 0 aliphatic rings. The second-order valence-corrected chi connectivity index (χ2v) is 10.1. The number of aryl methyl sites for hydroxylation is 1. The number of nitrogens with zero attached hydrogens (tertiary/aromatic N) is 2. The maximum Gasteiger partial charge on any atom is 0.270 e. The van der Waals surface area contributed by atoms with Gasteiger partial charge < -0.3 is 4.42 Å². The van der Waals surface area contributed by atoms with E-state index in [0.717, 1.165) is 5.56 Å². The SMILES string of the molecule is Cc1ccc(S(=O)(=O)N[C@@H](CC(=O)N/N=C\c2ccc(-c3cccc([N+](=O)[O-])c3)o2)c2ccccc2)cc1. The fraction of sp³-hybridized carbons (Fsp3) is 0.111. The van der Waals surface area contributed by atoms with Crippen LogP contribution < -0.4 is 10.1 Å². The summed E-state index contributed by atoms with van der Waals surface area (Å²) < 4.78 is 34.2. The van der Waals surface area contributed by atoms with Crippen LogP contribution in [0.1, 0.15) is 29.3 Å². The number of hydrazone groups is 1. The van der Waals surface area contributed by atoms with Gasteiger partial charge in [0.2, 0.25) is 15.9 Å². The molecule has 1 atom stereocenters. The average Bonchev–Trinajstić information content (AvgIpc) is 3.38. The average molecular weight is 533 g/mol. The summed E-state index contributed by atoms with van der Waals surface area (Å²) in [6.45, 7) is 1.86. The largest absolute Gasteiger partial charge is 0.455 e. The molecular formula is C27H24N4O6S. The van der Waals surface area contributed by atoms with Gasteiger partial charge in [0.15, 0.2) is 0 Å². The van der Waals surface area contributed by atoms with E-state index in [9.17, 15) is 23.3 Å². The van der Waals surface area contributed by atoms with Crippen molar-refractivity contribution in [3.63, 3.8) is 0 Å². The maximum atomic E-state index is 13.0. The molecule has 0 aliphatic heterocycles. The molecule has 4 aromatic rings. The van der Waals surface area contributed by atoms with E-state index in [0.29, 0.717) is 22.6 Å². The van der Waals surface area contributed by atoms with Gasteiger partial charge >= 0.3 is 0 Å². The van der Waals surface area contributed by atoms with Crippen molar-refractivity contribution >= 4 is 27.8 Å². The molecule has 3 aromatic carbocycles. The molecule has 38 heavy (non-hydrogen) atoms. The summed E-state index contributed by atoms with van der Waals surface area (Å²) in [5.41, 5.74) is 4.39. The predicted molar refractivity (Wildman–Crippen MR) is 142 cm³/mol. The summed E-state index contributed by atoms with van der Waals surface area (Å²) in [7, 11) is -3.89. The van der Waals surface area contributed by atoms with E-state index in [1.807, 2.05) is 6.92 Å². The number of benzene rings is 3. The van der Waals surface area contributed by atoms with Crippen LogP contribution in [0.25, 0.3) is 11.3 Å². The van der Waals surface area contributed by atoms with Gasteiger partial charge in [-0.2, -0.15) is 5.10 Å². The third-order valence-electron chi connectivity index (χ3n) is 5.57. The Labute approximate surface area is 219 Å². The van der Waals surface area contributed by atoms with Crippen LogP contribution in [0.4, 0.5) is 5.69 Å². The van der Waals surface area contributed by atoms with E-state index in [1.165, 1.54) is 30.5 Å². The minimum absolute atomic E-state index is 0.0626. The summed E-state index contributed by atoms with van der Waals surface area (Å²) >= 11 is 0. The first-order chi connectivity index (χ1) is 18.2. The Hall–Kier alpha value is -4.61. The predicted octanol–water partition coefficient (Wildman–Crippen LogP) is 4.72. The molecule has 2 N–H and O–H groups in total. The highest BCUT2D eigenvalue weighted by molar-refractivity contribution is 7.89. The van der Waals surface area contributed by atoms with Gasteiger partial charge in [-0.25, -0.2) is 18.6 Å². The van der Waals surface area contributed by atoms with Gasteiger partial charge in [-0.15, -0.1) is 0 Å². The molecule has 10 nitrogen and oxygen atoms in total. The topological polar surface area (TPSA) is 144 Å². The Morgan fingerprint density at radius 3 is 2.47 bits per heavy atom. The van der Waals surface area contributed by atoms with Gasteiger partial charge in [-0.3, -0.25) is 14.9 Å². The highest BCUT2D eigenvalue weighted by atomic mass is 32.2. The second kappa shape index (κ2) is 11.6. The summed E-state index contributed by atoms with van der Waals surface area (Å²) in [5.74, 6) is 0.190. The molecule has 4 rings (SSSR count). The number of rotatable bonds is 10. The van der Waals surface area contributed by atoms with Crippen LogP contribution in [0.15, 0.2) is 105 Å². The number of nitro benzene ring substituents is 1. The van der Waals surface area contributed by atoms with Gasteiger partial charge in [0, 0.05) is 24.1 Å². The third kappa shape index (κ3) is 6.78. The van der Waals surface area contributed by atoms with Crippen LogP contribution in [-0.4, -0.2) is 25.5 Å². The number of hydrogen-bond acceptors (Lipinski definition) is 7. The Bertz CT molecular complexity index is 1560. The Morgan fingerprint density at radius 1 is 1.03 bits per heavy atom. The summed E-state index contributed by atoms with van der Waals surface area (Å²) in [4.78, 5) is 23.3. The van der Waals surface area contributed by atoms with Gasteiger partial charge in [0.25, 0.3) is 5.69 Å². The number of sulfonamides is 1. The van der Waals surface area contributed by atoms with Crippen LogP contribution in [-0.2, 0) is 14.8 Å². The summed E-state index contributed by atoms with van der Waals surface area (Å²) in [5, 5.41) is 14.9. The molecular weight excluding hydrogens is 508 g/mol. The lowest BCUT2D eigenvalue weighted by atomic mass is 10.0. The van der Waals surface area contributed by atoms with Crippen molar-refractivity contribution in [2.45, 2.75) is 24.3 Å². The van der Waals surface area contributed by atoms with Crippen molar-refractivity contribution in [1.82, 2.24) is 10.1 Å². The molecule has 0 aliphatic carbocycles. The van der Waals surface area contributed by atoms with E-state index < -0.39 is 26.9 Å². The highest BCUT2D eigenvalue weighted by Gasteiger charge is 2.23. The molecule has 0 saturated heterocycles. The van der Waals surface area contributed by atoms with Crippen LogP contribution in [0, 0.1) is 17.0 Å². The Kier molecular flexibility index (Phi) is 8.09. The summed E-state index contributed by atoms with van der Waals surface area (Å²) in [6.07, 6.45) is 1.08. The molecule has 0 unspecified atom stereocenters. The van der Waals surface area contributed by atoms with E-state index >= 15 is 0 Å². The van der Waals surface area contributed by atoms with Crippen LogP contribution in [0.2, 0.25) is 0 Å². The fourth-order valence-electron chi connectivity index (χ4n) is 3.63. The van der Waals surface area contributed by atoms with E-state index in [4.69, 9.17) is 4.42 Å². The van der Waals surface area contributed by atoms with Crippen LogP contribution in [0.3, 0.4) is 0 Å². The molecule has 0 spiro atoms. The van der Waals surface area contributed by atoms with E-state index in [-0.39, 0.29) is 17.0 Å². The van der Waals surface area contributed by atoms with Crippen LogP contribution in [0.5, 0.6) is 0 Å².